The monoisotopic (exact) mass is 512 g/mol. The van der Waals surface area contributed by atoms with E-state index in [9.17, 15) is 0 Å². The van der Waals surface area contributed by atoms with Gasteiger partial charge in [0, 0.05) is 33.3 Å². The zero-order chi connectivity index (χ0) is 21.2. The van der Waals surface area contributed by atoms with Crippen molar-refractivity contribution in [1.29, 1.82) is 0 Å². The Hall–Kier alpha value is -2.62. The van der Waals surface area contributed by atoms with Gasteiger partial charge in [-0.3, -0.25) is 4.57 Å². The van der Waals surface area contributed by atoms with Crippen LogP contribution in [0.2, 0.25) is 0 Å². The van der Waals surface area contributed by atoms with E-state index in [0.717, 1.165) is 48.8 Å². The molecule has 0 atom stereocenters. The number of halogens is 1. The molecular weight excluding hydrogens is 496 g/mol. The predicted molar refractivity (Wildman–Crippen MR) is 127 cm³/mol. The summed E-state index contributed by atoms with van der Waals surface area (Å²) in [6.07, 6.45) is 1.86. The van der Waals surface area contributed by atoms with Crippen molar-refractivity contribution in [3.8, 4) is 33.5 Å². The van der Waals surface area contributed by atoms with E-state index >= 15 is 0 Å². The van der Waals surface area contributed by atoms with Crippen LogP contribution in [0, 0.1) is 0 Å². The van der Waals surface area contributed by atoms with Gasteiger partial charge in [0.2, 0.25) is 6.79 Å². The molecule has 9 heteroatoms. The molecular formula is C22H17BrN4O2S2. The molecule has 0 bridgehead atoms. The molecule has 0 unspecified atom stereocenters. The number of thioether (sulfide) groups is 1. The summed E-state index contributed by atoms with van der Waals surface area (Å²) < 4.78 is 14.0. The Morgan fingerprint density at radius 3 is 2.74 bits per heavy atom. The van der Waals surface area contributed by atoms with Crippen LogP contribution in [0.5, 0.6) is 11.5 Å². The van der Waals surface area contributed by atoms with E-state index in [1.54, 1.807) is 23.1 Å². The number of hydrogen-bond donors (Lipinski definition) is 0. The lowest BCUT2D eigenvalue weighted by Gasteiger charge is -2.07. The molecule has 6 nitrogen and oxygen atoms in total. The fourth-order valence-electron chi connectivity index (χ4n) is 3.18. The lowest BCUT2D eigenvalue weighted by molar-refractivity contribution is 0.174. The maximum atomic E-state index is 5.48. The number of fused-ring (bicyclic) bond motifs is 1. The normalized spacial score (nSPS) is 12.3. The molecule has 2 aromatic heterocycles. The topological polar surface area (TPSA) is 62.1 Å². The van der Waals surface area contributed by atoms with Crippen molar-refractivity contribution in [3.63, 3.8) is 0 Å². The molecule has 0 spiro atoms. The quantitative estimate of drug-likeness (QED) is 0.222. The van der Waals surface area contributed by atoms with Gasteiger partial charge in [-0.2, -0.15) is 0 Å². The SMILES string of the molecule is C=CCn1c(SCc2csc(-c3ccc4c(c3)OCO4)n2)nnc1-c1ccc(Br)cc1. The zero-order valence-corrected chi connectivity index (χ0v) is 19.5. The van der Waals surface area contributed by atoms with E-state index in [0.29, 0.717) is 12.3 Å². The Kier molecular flexibility index (Phi) is 5.80. The van der Waals surface area contributed by atoms with Crippen LogP contribution < -0.4 is 9.47 Å². The molecule has 0 fully saturated rings. The Bertz CT molecular complexity index is 1240. The van der Waals surface area contributed by atoms with Crippen LogP contribution in [-0.2, 0) is 12.3 Å². The number of allylic oxidation sites excluding steroid dienone is 1. The lowest BCUT2D eigenvalue weighted by atomic mass is 10.2. The van der Waals surface area contributed by atoms with Crippen molar-refractivity contribution >= 4 is 39.0 Å². The van der Waals surface area contributed by atoms with Crippen molar-refractivity contribution in [2.45, 2.75) is 17.5 Å². The second kappa shape index (κ2) is 8.86. The molecule has 0 amide bonds. The third-order valence-electron chi connectivity index (χ3n) is 4.65. The highest BCUT2D eigenvalue weighted by Crippen LogP contribution is 2.37. The van der Waals surface area contributed by atoms with Gasteiger partial charge in [-0.1, -0.05) is 45.9 Å². The number of nitrogens with zero attached hydrogens (tertiary/aromatic N) is 4. The Labute approximate surface area is 196 Å². The molecule has 3 heterocycles. The summed E-state index contributed by atoms with van der Waals surface area (Å²) in [5.74, 6) is 3.08. The molecule has 1 aliphatic rings. The predicted octanol–water partition coefficient (Wildman–Crippen LogP) is 6.04. The first-order valence-electron chi connectivity index (χ1n) is 9.48. The van der Waals surface area contributed by atoms with E-state index in [2.05, 4.69) is 42.7 Å². The molecule has 2 aromatic carbocycles. The lowest BCUT2D eigenvalue weighted by Crippen LogP contribution is -2.00. The number of benzene rings is 2. The Morgan fingerprint density at radius 2 is 1.90 bits per heavy atom. The van der Waals surface area contributed by atoms with Crippen molar-refractivity contribution in [2.24, 2.45) is 0 Å². The summed E-state index contributed by atoms with van der Waals surface area (Å²) >= 11 is 6.71. The van der Waals surface area contributed by atoms with Crippen LogP contribution in [-0.4, -0.2) is 26.5 Å². The zero-order valence-electron chi connectivity index (χ0n) is 16.3. The summed E-state index contributed by atoms with van der Waals surface area (Å²) in [5.41, 5.74) is 3.04. The number of thiazole rings is 1. The van der Waals surface area contributed by atoms with Crippen LogP contribution in [0.3, 0.4) is 0 Å². The minimum atomic E-state index is 0.270. The average Bonchev–Trinajstić information content (AvgIpc) is 3.52. The van der Waals surface area contributed by atoms with Crippen molar-refractivity contribution in [2.75, 3.05) is 6.79 Å². The molecule has 31 heavy (non-hydrogen) atoms. The van der Waals surface area contributed by atoms with Gasteiger partial charge in [-0.25, -0.2) is 4.98 Å². The second-order valence-electron chi connectivity index (χ2n) is 6.71. The highest BCUT2D eigenvalue weighted by Gasteiger charge is 2.17. The minimum absolute atomic E-state index is 0.270. The maximum absolute atomic E-state index is 5.48. The second-order valence-corrected chi connectivity index (χ2v) is 9.43. The highest BCUT2D eigenvalue weighted by molar-refractivity contribution is 9.10. The molecule has 0 aliphatic carbocycles. The van der Waals surface area contributed by atoms with Gasteiger partial charge in [0.1, 0.15) is 5.01 Å². The average molecular weight is 513 g/mol. The van der Waals surface area contributed by atoms with Crippen LogP contribution in [0.25, 0.3) is 22.0 Å². The molecule has 156 valence electrons. The fourth-order valence-corrected chi connectivity index (χ4v) is 5.20. The van der Waals surface area contributed by atoms with Gasteiger partial charge in [-0.05, 0) is 30.3 Å². The summed E-state index contributed by atoms with van der Waals surface area (Å²) in [6.45, 7) is 4.79. The fraction of sp³-hybridized carbons (Fsp3) is 0.136. The van der Waals surface area contributed by atoms with Gasteiger partial charge in [0.05, 0.1) is 5.69 Å². The molecule has 4 aromatic rings. The number of rotatable bonds is 7. The molecule has 0 radical (unpaired) electrons. The molecule has 1 aliphatic heterocycles. The van der Waals surface area contributed by atoms with Gasteiger partial charge in [-0.15, -0.1) is 28.1 Å². The minimum Gasteiger partial charge on any atom is -0.454 e. The standard InChI is InChI=1S/C22H17BrN4O2S2/c1-2-9-27-20(14-3-6-16(23)7-4-14)25-26-22(27)31-12-17-11-30-21(24-17)15-5-8-18-19(10-15)29-13-28-18/h2-8,10-11H,1,9,12-13H2. The van der Waals surface area contributed by atoms with Gasteiger partial charge < -0.3 is 9.47 Å². The molecule has 0 N–H and O–H groups in total. The first kappa shape index (κ1) is 20.3. The van der Waals surface area contributed by atoms with Crippen LogP contribution in [0.1, 0.15) is 5.69 Å². The summed E-state index contributed by atoms with van der Waals surface area (Å²) in [7, 11) is 0. The molecule has 0 saturated carbocycles. The van der Waals surface area contributed by atoms with E-state index in [1.807, 2.05) is 48.5 Å². The van der Waals surface area contributed by atoms with E-state index in [1.165, 1.54) is 0 Å². The van der Waals surface area contributed by atoms with E-state index in [-0.39, 0.29) is 6.79 Å². The van der Waals surface area contributed by atoms with Gasteiger partial charge in [0.25, 0.3) is 0 Å². The van der Waals surface area contributed by atoms with Crippen molar-refractivity contribution < 1.29 is 9.47 Å². The highest BCUT2D eigenvalue weighted by atomic mass is 79.9. The Morgan fingerprint density at radius 1 is 1.10 bits per heavy atom. The maximum Gasteiger partial charge on any atom is 0.231 e. The molecule has 0 saturated heterocycles. The number of hydrogen-bond acceptors (Lipinski definition) is 7. The third-order valence-corrected chi connectivity index (χ3v) is 7.12. The van der Waals surface area contributed by atoms with Crippen LogP contribution in [0.4, 0.5) is 0 Å². The summed E-state index contributed by atoms with van der Waals surface area (Å²) in [5, 5.41) is 12.7. The summed E-state index contributed by atoms with van der Waals surface area (Å²) in [6, 6.07) is 14.0. The van der Waals surface area contributed by atoms with Crippen molar-refractivity contribution in [3.05, 3.63) is 70.7 Å². The first-order valence-corrected chi connectivity index (χ1v) is 12.1. The third kappa shape index (κ3) is 4.26. The smallest absolute Gasteiger partial charge is 0.231 e. The first-order chi connectivity index (χ1) is 15.2. The van der Waals surface area contributed by atoms with Crippen LogP contribution >= 0.6 is 39.0 Å². The summed E-state index contributed by atoms with van der Waals surface area (Å²) in [4.78, 5) is 4.79. The van der Waals surface area contributed by atoms with Crippen molar-refractivity contribution in [1.82, 2.24) is 19.7 Å². The number of ether oxygens (including phenoxy) is 2. The van der Waals surface area contributed by atoms with Gasteiger partial charge in [0.15, 0.2) is 22.5 Å². The van der Waals surface area contributed by atoms with Crippen LogP contribution in [0.15, 0.2) is 70.1 Å². The van der Waals surface area contributed by atoms with E-state index < -0.39 is 0 Å². The molecule has 5 rings (SSSR count). The Balaban J connectivity index is 1.33. The van der Waals surface area contributed by atoms with E-state index in [4.69, 9.17) is 14.5 Å². The number of aromatic nitrogens is 4. The van der Waals surface area contributed by atoms with Gasteiger partial charge >= 0.3 is 0 Å². The largest absolute Gasteiger partial charge is 0.454 e.